The van der Waals surface area contributed by atoms with Crippen molar-refractivity contribution in [1.82, 2.24) is 0 Å². The van der Waals surface area contributed by atoms with Crippen LogP contribution in [0.1, 0.15) is 43.5 Å². The lowest BCUT2D eigenvalue weighted by Crippen LogP contribution is -2.55. The van der Waals surface area contributed by atoms with Gasteiger partial charge in [0.15, 0.2) is 19.7 Å². The van der Waals surface area contributed by atoms with Gasteiger partial charge in [-0.05, 0) is 99.2 Å². The lowest BCUT2D eigenvalue weighted by atomic mass is 9.63. The summed E-state index contributed by atoms with van der Waals surface area (Å²) < 4.78 is 58.3. The van der Waals surface area contributed by atoms with Crippen LogP contribution in [0.3, 0.4) is 0 Å². The van der Waals surface area contributed by atoms with Crippen LogP contribution in [-0.4, -0.2) is 27.3 Å². The third-order valence-corrected chi connectivity index (χ3v) is 15.1. The van der Waals surface area contributed by atoms with Crippen molar-refractivity contribution in [2.75, 3.05) is 0 Å². The first-order valence-corrected chi connectivity index (χ1v) is 18.2. The summed E-state index contributed by atoms with van der Waals surface area (Å²) in [5.74, 6) is -0.887. The minimum atomic E-state index is -4.00. The van der Waals surface area contributed by atoms with Crippen molar-refractivity contribution in [3.63, 3.8) is 0 Å². The van der Waals surface area contributed by atoms with E-state index in [0.717, 1.165) is 41.8 Å². The van der Waals surface area contributed by atoms with Crippen LogP contribution in [0.25, 0.3) is 11.1 Å². The van der Waals surface area contributed by atoms with E-state index in [2.05, 4.69) is 39.8 Å². The Morgan fingerprint density at radius 1 is 0.575 bits per heavy atom. The van der Waals surface area contributed by atoms with Gasteiger partial charge in [-0.1, -0.05) is 36.4 Å². The van der Waals surface area contributed by atoms with Gasteiger partial charge in [-0.15, -0.1) is 22.7 Å². The van der Waals surface area contributed by atoms with E-state index in [1.54, 1.807) is 83.3 Å². The van der Waals surface area contributed by atoms with Crippen molar-refractivity contribution < 1.29 is 16.8 Å². The molecule has 4 atom stereocenters. The number of sulfone groups is 2. The molecular formula is C32H32O4S4. The molecule has 0 saturated heterocycles. The molecule has 4 unspecified atom stereocenters. The molecule has 3 aliphatic rings. The van der Waals surface area contributed by atoms with Gasteiger partial charge in [-0.3, -0.25) is 0 Å². The van der Waals surface area contributed by atoms with Crippen LogP contribution in [0.15, 0.2) is 82.6 Å². The largest absolute Gasteiger partial charge is 0.223 e. The second kappa shape index (κ2) is 10.1. The van der Waals surface area contributed by atoms with E-state index in [1.165, 1.54) is 0 Å². The fourth-order valence-electron chi connectivity index (χ4n) is 6.97. The molecule has 4 aromatic rings. The van der Waals surface area contributed by atoms with Gasteiger partial charge in [0.2, 0.25) is 0 Å². The van der Waals surface area contributed by atoms with E-state index in [4.69, 9.17) is 0 Å². The molecular weight excluding hydrogens is 577 g/mol. The van der Waals surface area contributed by atoms with Crippen molar-refractivity contribution in [2.24, 2.45) is 11.8 Å². The number of aryl methyl sites for hydroxylation is 4. The Morgan fingerprint density at radius 3 is 1.23 bits per heavy atom. The van der Waals surface area contributed by atoms with E-state index in [9.17, 15) is 16.8 Å². The lowest BCUT2D eigenvalue weighted by Gasteiger charge is -2.50. The molecule has 2 aromatic carbocycles. The first-order chi connectivity index (χ1) is 19.0. The molecule has 1 fully saturated rings. The molecule has 208 valence electrons. The number of benzene rings is 2. The second-order valence-electron chi connectivity index (χ2n) is 10.9. The van der Waals surface area contributed by atoms with Crippen molar-refractivity contribution in [2.45, 2.75) is 60.8 Å². The normalized spacial score (nSPS) is 23.1. The van der Waals surface area contributed by atoms with Gasteiger partial charge in [0, 0.05) is 31.3 Å². The second-order valence-corrected chi connectivity index (χ2v) is 18.0. The van der Waals surface area contributed by atoms with Crippen molar-refractivity contribution in [1.29, 1.82) is 0 Å². The van der Waals surface area contributed by atoms with Gasteiger partial charge in [0.25, 0.3) is 0 Å². The zero-order valence-corrected chi connectivity index (χ0v) is 26.2. The van der Waals surface area contributed by atoms with Crippen LogP contribution in [0, 0.1) is 39.5 Å². The first-order valence-electron chi connectivity index (χ1n) is 13.5. The highest BCUT2D eigenvalue weighted by molar-refractivity contribution is 7.96. The van der Waals surface area contributed by atoms with Crippen LogP contribution in [0.5, 0.6) is 0 Å². The summed E-state index contributed by atoms with van der Waals surface area (Å²) in [4.78, 5) is 4.97. The molecule has 2 bridgehead atoms. The molecule has 1 saturated carbocycles. The number of hydrogen-bond acceptors (Lipinski definition) is 6. The zero-order chi connectivity index (χ0) is 28.4. The summed E-state index contributed by atoms with van der Waals surface area (Å²) in [5, 5.41) is -2.17. The molecule has 0 radical (unpaired) electrons. The molecule has 0 N–H and O–H groups in total. The number of thiophene rings is 2. The van der Waals surface area contributed by atoms with Gasteiger partial charge in [0.1, 0.15) is 0 Å². The molecule has 2 aromatic heterocycles. The van der Waals surface area contributed by atoms with Crippen molar-refractivity contribution in [3.8, 4) is 0 Å². The third kappa shape index (κ3) is 4.35. The average Bonchev–Trinajstić information content (AvgIpc) is 3.46. The highest BCUT2D eigenvalue weighted by Gasteiger charge is 2.59. The quantitative estimate of drug-likeness (QED) is 0.225. The molecule has 3 aliphatic carbocycles. The number of hydrogen-bond donors (Lipinski definition) is 0. The molecule has 0 aliphatic heterocycles. The lowest BCUT2D eigenvalue weighted by molar-refractivity contribution is 0.348. The first kappa shape index (κ1) is 27.6. The minimum Gasteiger partial charge on any atom is -0.223 e. The maximum atomic E-state index is 14.6. The summed E-state index contributed by atoms with van der Waals surface area (Å²) in [6.45, 7) is 8.32. The van der Waals surface area contributed by atoms with Gasteiger partial charge in [0.05, 0.1) is 20.3 Å². The fourth-order valence-corrected chi connectivity index (χ4v) is 13.9. The summed E-state index contributed by atoms with van der Waals surface area (Å²) in [6.07, 6.45) is 1.27. The van der Waals surface area contributed by atoms with Gasteiger partial charge in [-0.25, -0.2) is 16.8 Å². The van der Waals surface area contributed by atoms with Crippen LogP contribution in [-0.2, 0) is 19.7 Å². The van der Waals surface area contributed by atoms with Crippen LogP contribution >= 0.6 is 22.7 Å². The summed E-state index contributed by atoms with van der Waals surface area (Å²) in [7, 11) is -8.00. The number of rotatable bonds is 6. The van der Waals surface area contributed by atoms with E-state index >= 15 is 0 Å². The Balaban J connectivity index is 1.70. The Bertz CT molecular complexity index is 1690. The van der Waals surface area contributed by atoms with E-state index < -0.39 is 42.0 Å². The van der Waals surface area contributed by atoms with Crippen molar-refractivity contribution >= 4 is 53.5 Å². The van der Waals surface area contributed by atoms with Crippen molar-refractivity contribution in [3.05, 3.63) is 103 Å². The SMILES string of the molecule is Cc1cc(C2=C(c3cc(C)sc3C)C3CCC2C(S(=O)(=O)c2ccccc2)C3S(=O)(=O)c2ccccc2)c(C)s1. The average molecular weight is 609 g/mol. The maximum Gasteiger partial charge on any atom is 0.183 e. The maximum absolute atomic E-state index is 14.6. The monoisotopic (exact) mass is 608 g/mol. The summed E-state index contributed by atoms with van der Waals surface area (Å²) in [5.41, 5.74) is 4.20. The van der Waals surface area contributed by atoms with Gasteiger partial charge >= 0.3 is 0 Å². The predicted octanol–water partition coefficient (Wildman–Crippen LogP) is 7.68. The highest BCUT2D eigenvalue weighted by Crippen LogP contribution is 2.59. The van der Waals surface area contributed by atoms with Gasteiger partial charge in [-0.2, -0.15) is 0 Å². The Morgan fingerprint density at radius 2 is 0.925 bits per heavy atom. The zero-order valence-electron chi connectivity index (χ0n) is 22.9. The van der Waals surface area contributed by atoms with Crippen LogP contribution < -0.4 is 0 Å². The summed E-state index contributed by atoms with van der Waals surface area (Å²) in [6, 6.07) is 21.1. The molecule has 40 heavy (non-hydrogen) atoms. The Hall–Kier alpha value is -2.52. The van der Waals surface area contributed by atoms with E-state index in [-0.39, 0.29) is 9.79 Å². The van der Waals surface area contributed by atoms with E-state index in [0.29, 0.717) is 12.8 Å². The minimum absolute atomic E-state index is 0.183. The fraction of sp³-hybridized carbons (Fsp3) is 0.312. The molecule has 7 rings (SSSR count). The molecule has 0 amide bonds. The Labute approximate surface area is 245 Å². The molecule has 8 heteroatoms. The topological polar surface area (TPSA) is 68.3 Å². The molecule has 0 spiro atoms. The Kier molecular flexibility index (Phi) is 6.97. The highest BCUT2D eigenvalue weighted by atomic mass is 32.2. The van der Waals surface area contributed by atoms with Crippen LogP contribution in [0.2, 0.25) is 0 Å². The summed E-state index contributed by atoms with van der Waals surface area (Å²) >= 11 is 3.41. The van der Waals surface area contributed by atoms with Crippen LogP contribution in [0.4, 0.5) is 0 Å². The number of allylic oxidation sites excluding steroid dienone is 2. The molecule has 2 heterocycles. The standard InChI is InChI=1S/C32H32O4S4/c1-19-17-27(21(3)37-19)29-25-15-16-26(30(29)28-18-20(2)38-22(28)4)32(40(35,36)24-13-9-6-10-14-24)31(25)39(33,34)23-11-7-5-8-12-23/h5-14,17-18,25-26,31-32H,15-16H2,1-4H3. The van der Waals surface area contributed by atoms with E-state index in [1.807, 2.05) is 0 Å². The number of fused-ring (bicyclic) bond motifs is 2. The predicted molar refractivity (Wildman–Crippen MR) is 165 cm³/mol. The smallest absolute Gasteiger partial charge is 0.183 e. The van der Waals surface area contributed by atoms with Gasteiger partial charge < -0.3 is 0 Å². The molecule has 4 nitrogen and oxygen atoms in total. The third-order valence-electron chi connectivity index (χ3n) is 8.46.